The van der Waals surface area contributed by atoms with Gasteiger partial charge in [-0.05, 0) is 65.8 Å². The molecule has 10 heteroatoms. The van der Waals surface area contributed by atoms with Crippen molar-refractivity contribution >= 4 is 56.9 Å². The number of amides is 2. The summed E-state index contributed by atoms with van der Waals surface area (Å²) in [5.74, 6) is 0.548. The fourth-order valence-electron chi connectivity index (χ4n) is 4.51. The lowest BCUT2D eigenvalue weighted by atomic mass is 10.0. The number of nitrogens with two attached hydrogens (primary N) is 1. The van der Waals surface area contributed by atoms with Gasteiger partial charge in [0.25, 0.3) is 5.91 Å². The molecule has 0 bridgehead atoms. The summed E-state index contributed by atoms with van der Waals surface area (Å²) in [5.41, 5.74) is 9.26. The molecular weight excluding hydrogens is 569 g/mol. The second-order valence-electron chi connectivity index (χ2n) is 8.54. The van der Waals surface area contributed by atoms with Crippen LogP contribution in [0, 0.1) is 3.57 Å². The Morgan fingerprint density at radius 2 is 1.97 bits per heavy atom. The molecule has 1 aliphatic rings. The van der Waals surface area contributed by atoms with Crippen molar-refractivity contribution in [3.8, 4) is 11.3 Å². The van der Waals surface area contributed by atoms with Crippen molar-refractivity contribution in [2.75, 3.05) is 24.1 Å². The fourth-order valence-corrected chi connectivity index (χ4v) is 5.17. The first-order valence-electron chi connectivity index (χ1n) is 11.5. The summed E-state index contributed by atoms with van der Waals surface area (Å²) in [6.45, 7) is 4.88. The molecule has 3 N–H and O–H groups in total. The Balaban J connectivity index is 1.51. The summed E-state index contributed by atoms with van der Waals surface area (Å²) in [6, 6.07) is 12.5. The number of fused-ring (bicyclic) bond motifs is 1. The molecule has 1 fully saturated rings. The molecule has 9 nitrogen and oxygen atoms in total. The molecule has 182 valence electrons. The molecule has 4 aromatic rings. The van der Waals surface area contributed by atoms with Crippen molar-refractivity contribution in [1.29, 1.82) is 0 Å². The molecule has 1 aliphatic heterocycles. The smallest absolute Gasteiger partial charge is 0.256 e. The Morgan fingerprint density at radius 3 is 2.69 bits per heavy atom. The second kappa shape index (κ2) is 10.1. The minimum absolute atomic E-state index is 0.00219. The van der Waals surface area contributed by atoms with E-state index in [1.165, 1.54) is 6.08 Å². The van der Waals surface area contributed by atoms with Crippen LogP contribution in [0.5, 0.6) is 0 Å². The number of nitrogens with one attached hydrogen (secondary N) is 1. The van der Waals surface area contributed by atoms with Gasteiger partial charge in [-0.25, -0.2) is 9.97 Å². The Bertz CT molecular complexity index is 1450. The average molecular weight is 593 g/mol. The van der Waals surface area contributed by atoms with Crippen LogP contribution in [0.25, 0.3) is 22.2 Å². The first kappa shape index (κ1) is 23.9. The lowest BCUT2D eigenvalue weighted by Gasteiger charge is -2.32. The fraction of sp³-hybridized carbons (Fsp3) is 0.192. The Hall–Kier alpha value is -3.80. The average Bonchev–Trinajstić information content (AvgIpc) is 3.33. The van der Waals surface area contributed by atoms with Crippen LogP contribution in [-0.4, -0.2) is 49.6 Å². The number of rotatable bonds is 5. The van der Waals surface area contributed by atoms with Gasteiger partial charge < -0.3 is 16.0 Å². The van der Waals surface area contributed by atoms with E-state index >= 15 is 0 Å². The van der Waals surface area contributed by atoms with Crippen LogP contribution in [0.1, 0.15) is 29.2 Å². The number of hydrogen-bond donors (Lipinski definition) is 2. The second-order valence-corrected chi connectivity index (χ2v) is 9.70. The lowest BCUT2D eigenvalue weighted by Crippen LogP contribution is -2.40. The topological polar surface area (TPSA) is 119 Å². The van der Waals surface area contributed by atoms with Crippen molar-refractivity contribution < 1.29 is 9.59 Å². The SMILES string of the molecule is C=CC(=O)N1CCCC(n2nc(-c3ccc(C(=O)Nc4ccccn4)cc3)c3c(N)ncc(I)c32)C1. The van der Waals surface area contributed by atoms with E-state index in [0.29, 0.717) is 36.0 Å². The van der Waals surface area contributed by atoms with Gasteiger partial charge in [0.05, 0.1) is 20.5 Å². The van der Waals surface area contributed by atoms with Crippen molar-refractivity contribution in [1.82, 2.24) is 24.6 Å². The van der Waals surface area contributed by atoms with E-state index in [9.17, 15) is 9.59 Å². The third-order valence-corrected chi connectivity index (χ3v) is 7.05. The summed E-state index contributed by atoms with van der Waals surface area (Å²) < 4.78 is 2.91. The Morgan fingerprint density at radius 1 is 1.17 bits per heavy atom. The van der Waals surface area contributed by atoms with E-state index in [0.717, 1.165) is 32.9 Å². The van der Waals surface area contributed by atoms with Gasteiger partial charge in [0.15, 0.2) is 0 Å². The van der Waals surface area contributed by atoms with E-state index in [1.54, 1.807) is 41.6 Å². The first-order valence-corrected chi connectivity index (χ1v) is 12.6. The maximum Gasteiger partial charge on any atom is 0.256 e. The zero-order valence-electron chi connectivity index (χ0n) is 19.4. The molecule has 1 atom stereocenters. The number of hydrogen-bond acceptors (Lipinski definition) is 6. The van der Waals surface area contributed by atoms with E-state index in [-0.39, 0.29) is 17.9 Å². The van der Waals surface area contributed by atoms with E-state index in [2.05, 4.69) is 44.5 Å². The van der Waals surface area contributed by atoms with Crippen LogP contribution in [0.15, 0.2) is 67.5 Å². The number of halogens is 1. The molecule has 1 saturated heterocycles. The van der Waals surface area contributed by atoms with Gasteiger partial charge in [0.1, 0.15) is 17.3 Å². The summed E-state index contributed by atoms with van der Waals surface area (Å²) in [7, 11) is 0. The molecular formula is C26H24IN7O2. The third-order valence-electron chi connectivity index (χ3n) is 6.27. The van der Waals surface area contributed by atoms with Gasteiger partial charge in [-0.15, -0.1) is 0 Å². The number of piperidine rings is 1. The number of nitrogen functional groups attached to an aromatic ring is 1. The third kappa shape index (κ3) is 4.55. The molecule has 3 aromatic heterocycles. The number of benzene rings is 1. The van der Waals surface area contributed by atoms with Crippen molar-refractivity contribution in [3.63, 3.8) is 0 Å². The summed E-state index contributed by atoms with van der Waals surface area (Å²) >= 11 is 2.25. The number of pyridine rings is 2. The molecule has 4 heterocycles. The van der Waals surface area contributed by atoms with Crippen molar-refractivity contribution in [2.24, 2.45) is 0 Å². The molecule has 2 amide bonds. The number of anilines is 2. The molecule has 1 unspecified atom stereocenters. The van der Waals surface area contributed by atoms with E-state index in [4.69, 9.17) is 10.8 Å². The number of nitrogens with zero attached hydrogens (tertiary/aromatic N) is 5. The maximum atomic E-state index is 12.7. The molecule has 0 saturated carbocycles. The standard InChI is InChI=1S/C26H24IN7O2/c1-2-21(35)33-13-5-6-18(15-33)34-24-19(27)14-30-25(28)22(24)23(32-34)16-8-10-17(11-9-16)26(36)31-20-7-3-4-12-29-20/h2-4,7-12,14,18H,1,5-6,13,15H2,(H2,28,30)(H,29,31,36). The van der Waals surface area contributed by atoms with Crippen LogP contribution in [-0.2, 0) is 4.79 Å². The van der Waals surface area contributed by atoms with Gasteiger partial charge in [-0.2, -0.15) is 5.10 Å². The highest BCUT2D eigenvalue weighted by atomic mass is 127. The van der Waals surface area contributed by atoms with Gasteiger partial charge >= 0.3 is 0 Å². The van der Waals surface area contributed by atoms with Crippen LogP contribution < -0.4 is 11.1 Å². The highest BCUT2D eigenvalue weighted by molar-refractivity contribution is 14.1. The van der Waals surface area contributed by atoms with Gasteiger partial charge in [-0.3, -0.25) is 14.3 Å². The summed E-state index contributed by atoms with van der Waals surface area (Å²) in [5, 5.41) is 8.54. The van der Waals surface area contributed by atoms with Crippen LogP contribution in [0.2, 0.25) is 0 Å². The van der Waals surface area contributed by atoms with Crippen LogP contribution in [0.4, 0.5) is 11.6 Å². The highest BCUT2D eigenvalue weighted by Crippen LogP contribution is 2.37. The molecule has 0 aliphatic carbocycles. The van der Waals surface area contributed by atoms with Crippen LogP contribution in [0.3, 0.4) is 0 Å². The highest BCUT2D eigenvalue weighted by Gasteiger charge is 2.28. The minimum Gasteiger partial charge on any atom is -0.383 e. The number of carbonyl (C=O) groups excluding carboxylic acids is 2. The van der Waals surface area contributed by atoms with Gasteiger partial charge in [-0.1, -0.05) is 24.8 Å². The largest absolute Gasteiger partial charge is 0.383 e. The van der Waals surface area contributed by atoms with Gasteiger partial charge in [0.2, 0.25) is 5.91 Å². The van der Waals surface area contributed by atoms with E-state index in [1.807, 2.05) is 22.9 Å². The minimum atomic E-state index is -0.249. The van der Waals surface area contributed by atoms with Gasteiger partial charge in [0, 0.05) is 36.6 Å². The summed E-state index contributed by atoms with van der Waals surface area (Å²) in [6.07, 6.45) is 6.48. The first-order chi connectivity index (χ1) is 17.5. The van der Waals surface area contributed by atoms with Crippen molar-refractivity contribution in [3.05, 3.63) is 76.6 Å². The molecule has 0 spiro atoms. The monoisotopic (exact) mass is 593 g/mol. The molecule has 5 rings (SSSR count). The van der Waals surface area contributed by atoms with Crippen LogP contribution >= 0.6 is 22.6 Å². The molecule has 36 heavy (non-hydrogen) atoms. The Kier molecular flexibility index (Phi) is 6.68. The quantitative estimate of drug-likeness (QED) is 0.264. The van der Waals surface area contributed by atoms with E-state index < -0.39 is 0 Å². The predicted molar refractivity (Wildman–Crippen MR) is 147 cm³/mol. The summed E-state index contributed by atoms with van der Waals surface area (Å²) in [4.78, 5) is 35.2. The number of carbonyl (C=O) groups is 2. The zero-order chi connectivity index (χ0) is 25.2. The normalized spacial score (nSPS) is 15.6. The maximum absolute atomic E-state index is 12.7. The van der Waals surface area contributed by atoms with Crippen molar-refractivity contribution in [2.45, 2.75) is 18.9 Å². The number of likely N-dealkylation sites (tertiary alicyclic amines) is 1. The molecule has 0 radical (unpaired) electrons. The predicted octanol–water partition coefficient (Wildman–Crippen LogP) is 4.28. The molecule has 1 aromatic carbocycles. The lowest BCUT2D eigenvalue weighted by molar-refractivity contribution is -0.127. The zero-order valence-corrected chi connectivity index (χ0v) is 21.6. The number of aromatic nitrogens is 4. The Labute approximate surface area is 221 Å².